The van der Waals surface area contributed by atoms with Crippen molar-refractivity contribution in [1.82, 2.24) is 0 Å². The van der Waals surface area contributed by atoms with E-state index in [0.717, 1.165) is 53.3 Å². The van der Waals surface area contributed by atoms with Crippen LogP contribution in [0.1, 0.15) is 162 Å². The largest absolute Gasteiger partial charge is 0.0651 e. The second-order valence-corrected chi connectivity index (χ2v) is 13.5. The van der Waals surface area contributed by atoms with Gasteiger partial charge in [0.05, 0.1) is 0 Å². The summed E-state index contributed by atoms with van der Waals surface area (Å²) in [7, 11) is 0. The Labute approximate surface area is 214 Å². The summed E-state index contributed by atoms with van der Waals surface area (Å²) in [6.07, 6.45) is 12.4. The molecule has 0 saturated carbocycles. The molecule has 0 N–H and O–H groups in total. The lowest BCUT2D eigenvalue weighted by molar-refractivity contribution is 0.349. The Morgan fingerprint density at radius 3 is 0.576 bits per heavy atom. The fourth-order valence-corrected chi connectivity index (χ4v) is 5.26. The highest BCUT2D eigenvalue weighted by molar-refractivity contribution is 4.61. The minimum atomic E-state index is 0.869. The molecule has 0 aromatic rings. The van der Waals surface area contributed by atoms with E-state index in [1.165, 1.54) is 57.8 Å². The van der Waals surface area contributed by atoms with Crippen molar-refractivity contribution in [3.8, 4) is 0 Å². The standard InChI is InChI=1S/3C11H24/c3*1-6-10(4)8-11(5)7-9(2)3/h3*9-11H,6-8H2,1-5H3. The average Bonchev–Trinajstić information content (AvgIpc) is 2.66. The lowest BCUT2D eigenvalue weighted by atomic mass is 9.89. The molecule has 33 heavy (non-hydrogen) atoms. The minimum absolute atomic E-state index is 0.869. The lowest BCUT2D eigenvalue weighted by Gasteiger charge is -2.17. The number of hydrogen-bond acceptors (Lipinski definition) is 0. The third-order valence-corrected chi connectivity index (χ3v) is 7.13. The maximum absolute atomic E-state index is 2.38. The first kappa shape index (κ1) is 37.5. The summed E-state index contributed by atoms with van der Waals surface area (Å²) in [4.78, 5) is 0. The first-order valence-electron chi connectivity index (χ1n) is 15.2. The molecular formula is C33H72. The van der Waals surface area contributed by atoms with Gasteiger partial charge in [0, 0.05) is 0 Å². The van der Waals surface area contributed by atoms with Crippen LogP contribution in [-0.2, 0) is 0 Å². The molecule has 204 valence electrons. The molecule has 0 saturated heterocycles. The molecular weight excluding hydrogens is 396 g/mol. The van der Waals surface area contributed by atoms with Crippen molar-refractivity contribution in [2.75, 3.05) is 0 Å². The summed E-state index contributed by atoms with van der Waals surface area (Å²) >= 11 is 0. The van der Waals surface area contributed by atoms with Crippen LogP contribution < -0.4 is 0 Å². The van der Waals surface area contributed by atoms with Gasteiger partial charge in [-0.25, -0.2) is 0 Å². The summed E-state index contributed by atoms with van der Waals surface area (Å²) in [6, 6.07) is 0. The van der Waals surface area contributed by atoms with Gasteiger partial charge in [0.25, 0.3) is 0 Å². The highest BCUT2D eigenvalue weighted by atomic mass is 14.2. The average molecular weight is 469 g/mol. The van der Waals surface area contributed by atoms with E-state index in [2.05, 4.69) is 104 Å². The minimum Gasteiger partial charge on any atom is -0.0651 e. The van der Waals surface area contributed by atoms with Crippen molar-refractivity contribution in [3.63, 3.8) is 0 Å². The Balaban J connectivity index is -0.000000409. The highest BCUT2D eigenvalue weighted by Crippen LogP contribution is 2.22. The second kappa shape index (κ2) is 23.7. The predicted octanol–water partition coefficient (Wildman–Crippen LogP) is 12.3. The molecule has 0 aromatic carbocycles. The molecule has 0 aliphatic carbocycles. The van der Waals surface area contributed by atoms with Crippen molar-refractivity contribution in [1.29, 1.82) is 0 Å². The number of rotatable bonds is 15. The summed E-state index contributed by atoms with van der Waals surface area (Å²) < 4.78 is 0. The molecule has 0 aliphatic rings. The molecule has 6 atom stereocenters. The molecule has 0 aromatic heterocycles. The van der Waals surface area contributed by atoms with Crippen LogP contribution in [0.4, 0.5) is 0 Å². The van der Waals surface area contributed by atoms with Gasteiger partial charge in [-0.3, -0.25) is 0 Å². The van der Waals surface area contributed by atoms with E-state index in [0.29, 0.717) is 0 Å². The van der Waals surface area contributed by atoms with E-state index >= 15 is 0 Å². The molecule has 0 heteroatoms. The molecule has 6 unspecified atom stereocenters. The van der Waals surface area contributed by atoms with Crippen LogP contribution in [0.25, 0.3) is 0 Å². The van der Waals surface area contributed by atoms with Crippen LogP contribution in [0.2, 0.25) is 0 Å². The van der Waals surface area contributed by atoms with Crippen LogP contribution in [-0.4, -0.2) is 0 Å². The van der Waals surface area contributed by atoms with Gasteiger partial charge in [-0.2, -0.15) is 0 Å². The fraction of sp³-hybridized carbons (Fsp3) is 1.00. The maximum Gasteiger partial charge on any atom is -0.0438 e. The second-order valence-electron chi connectivity index (χ2n) is 13.5. The third-order valence-electron chi connectivity index (χ3n) is 7.13. The molecule has 0 aliphatic heterocycles. The molecule has 0 fully saturated rings. The van der Waals surface area contributed by atoms with Gasteiger partial charge in [-0.15, -0.1) is 0 Å². The van der Waals surface area contributed by atoms with Gasteiger partial charge in [0.15, 0.2) is 0 Å². The third kappa shape index (κ3) is 32.0. The van der Waals surface area contributed by atoms with Crippen molar-refractivity contribution in [2.24, 2.45) is 53.3 Å². The zero-order valence-electron chi connectivity index (χ0n) is 26.6. The SMILES string of the molecule is CCC(C)CC(C)CC(C)C.CCC(C)CC(C)CC(C)C.CCC(C)CC(C)CC(C)C. The van der Waals surface area contributed by atoms with E-state index in [1.807, 2.05) is 0 Å². The predicted molar refractivity (Wildman–Crippen MR) is 158 cm³/mol. The zero-order chi connectivity index (χ0) is 26.6. The fourth-order valence-electron chi connectivity index (χ4n) is 5.26. The zero-order valence-corrected chi connectivity index (χ0v) is 26.6. The summed E-state index contributed by atoms with van der Waals surface area (Å²) in [6.45, 7) is 34.9. The monoisotopic (exact) mass is 469 g/mol. The summed E-state index contributed by atoms with van der Waals surface area (Å²) in [5, 5.41) is 0. The van der Waals surface area contributed by atoms with Gasteiger partial charge in [-0.1, -0.05) is 123 Å². The molecule has 0 amide bonds. The first-order valence-corrected chi connectivity index (χ1v) is 15.2. The van der Waals surface area contributed by atoms with Crippen LogP contribution in [0.5, 0.6) is 0 Å². The molecule has 0 nitrogen and oxygen atoms in total. The number of hydrogen-bond donors (Lipinski definition) is 0. The summed E-state index contributed by atoms with van der Waals surface area (Å²) in [5.74, 6) is 8.13. The van der Waals surface area contributed by atoms with E-state index in [4.69, 9.17) is 0 Å². The Bertz CT molecular complexity index is 309. The van der Waals surface area contributed by atoms with Crippen molar-refractivity contribution < 1.29 is 0 Å². The normalized spacial score (nSPS) is 16.9. The van der Waals surface area contributed by atoms with Gasteiger partial charge < -0.3 is 0 Å². The quantitative estimate of drug-likeness (QED) is 0.224. The van der Waals surface area contributed by atoms with Crippen molar-refractivity contribution >= 4 is 0 Å². The van der Waals surface area contributed by atoms with E-state index in [9.17, 15) is 0 Å². The molecule has 0 radical (unpaired) electrons. The summed E-state index contributed by atoms with van der Waals surface area (Å²) in [5.41, 5.74) is 0. The van der Waals surface area contributed by atoms with Crippen LogP contribution in [0.3, 0.4) is 0 Å². The van der Waals surface area contributed by atoms with E-state index < -0.39 is 0 Å². The van der Waals surface area contributed by atoms with Gasteiger partial charge in [0.2, 0.25) is 0 Å². The lowest BCUT2D eigenvalue weighted by Crippen LogP contribution is -2.05. The van der Waals surface area contributed by atoms with Gasteiger partial charge in [-0.05, 0) is 91.8 Å². The smallest absolute Gasteiger partial charge is 0.0438 e. The molecule has 0 bridgehead atoms. The molecule has 0 spiro atoms. The molecule has 0 rings (SSSR count). The van der Waals surface area contributed by atoms with Crippen molar-refractivity contribution in [2.45, 2.75) is 162 Å². The Morgan fingerprint density at radius 1 is 0.273 bits per heavy atom. The first-order chi connectivity index (χ1) is 15.2. The van der Waals surface area contributed by atoms with Crippen molar-refractivity contribution in [3.05, 3.63) is 0 Å². The van der Waals surface area contributed by atoms with Gasteiger partial charge in [0.1, 0.15) is 0 Å². The maximum atomic E-state index is 2.38. The van der Waals surface area contributed by atoms with Crippen LogP contribution in [0.15, 0.2) is 0 Å². The van der Waals surface area contributed by atoms with E-state index in [1.54, 1.807) is 0 Å². The molecule has 0 heterocycles. The van der Waals surface area contributed by atoms with E-state index in [-0.39, 0.29) is 0 Å². The Hall–Kier alpha value is 0. The van der Waals surface area contributed by atoms with Gasteiger partial charge >= 0.3 is 0 Å². The Morgan fingerprint density at radius 2 is 0.455 bits per heavy atom. The highest BCUT2D eigenvalue weighted by Gasteiger charge is 2.10. The Kier molecular flexibility index (Phi) is 27.0. The topological polar surface area (TPSA) is 0 Å². The van der Waals surface area contributed by atoms with Crippen LogP contribution in [0, 0.1) is 53.3 Å². The van der Waals surface area contributed by atoms with Crippen LogP contribution >= 0.6 is 0 Å².